The van der Waals surface area contributed by atoms with E-state index in [1.165, 1.54) is 24.3 Å². The van der Waals surface area contributed by atoms with Gasteiger partial charge in [0.05, 0.1) is 5.56 Å². The molecule has 39 heavy (non-hydrogen) atoms. The third kappa shape index (κ3) is 6.63. The van der Waals surface area contributed by atoms with Crippen molar-refractivity contribution in [3.63, 3.8) is 0 Å². The average Bonchev–Trinajstić information content (AvgIpc) is 3.20. The monoisotopic (exact) mass is 530 g/mol. The quantitative estimate of drug-likeness (QED) is 0.455. The van der Waals surface area contributed by atoms with Crippen LogP contribution in [0.1, 0.15) is 56.9 Å². The fourth-order valence-corrected chi connectivity index (χ4v) is 4.82. The van der Waals surface area contributed by atoms with Crippen molar-refractivity contribution in [2.45, 2.75) is 27.2 Å². The molecule has 0 spiro atoms. The number of anilines is 2. The number of carbonyl (C=O) groups is 3. The molecule has 204 valence electrons. The molecule has 1 saturated heterocycles. The molecule has 3 aromatic rings. The van der Waals surface area contributed by atoms with Crippen molar-refractivity contribution >= 4 is 29.1 Å². The zero-order valence-corrected chi connectivity index (χ0v) is 22.7. The molecule has 0 bridgehead atoms. The molecule has 0 radical (unpaired) electrons. The van der Waals surface area contributed by atoms with Gasteiger partial charge in [-0.2, -0.15) is 0 Å². The minimum Gasteiger partial charge on any atom is -0.369 e. The summed E-state index contributed by atoms with van der Waals surface area (Å²) >= 11 is 0. The molecule has 0 atom stereocenters. The molecule has 1 heterocycles. The lowest BCUT2D eigenvalue weighted by atomic mass is 10.1. The SMILES string of the molecule is CCN(CC)C(=O)c1cc(NC(=O)c2cccc(F)c2)ccc1N1CCCN(C(=O)c2ccc(C)cc2)CC1. The zero-order valence-electron chi connectivity index (χ0n) is 22.7. The predicted molar refractivity (Wildman–Crippen MR) is 152 cm³/mol. The largest absolute Gasteiger partial charge is 0.369 e. The number of hydrogen-bond acceptors (Lipinski definition) is 4. The van der Waals surface area contributed by atoms with Gasteiger partial charge in [0, 0.05) is 61.8 Å². The highest BCUT2D eigenvalue weighted by atomic mass is 19.1. The Morgan fingerprint density at radius 3 is 2.31 bits per heavy atom. The minimum atomic E-state index is -0.494. The van der Waals surface area contributed by atoms with Gasteiger partial charge in [-0.25, -0.2) is 4.39 Å². The molecule has 7 nitrogen and oxygen atoms in total. The molecule has 3 amide bonds. The number of carbonyl (C=O) groups excluding carboxylic acids is 3. The molecule has 1 N–H and O–H groups in total. The molecule has 0 saturated carbocycles. The van der Waals surface area contributed by atoms with E-state index in [-0.39, 0.29) is 17.4 Å². The number of hydrogen-bond donors (Lipinski definition) is 1. The van der Waals surface area contributed by atoms with Crippen molar-refractivity contribution in [3.05, 3.63) is 94.8 Å². The van der Waals surface area contributed by atoms with Crippen molar-refractivity contribution in [1.29, 1.82) is 0 Å². The molecule has 1 aliphatic rings. The van der Waals surface area contributed by atoms with Gasteiger partial charge < -0.3 is 20.0 Å². The van der Waals surface area contributed by atoms with E-state index in [4.69, 9.17) is 0 Å². The van der Waals surface area contributed by atoms with Gasteiger partial charge in [0.25, 0.3) is 17.7 Å². The van der Waals surface area contributed by atoms with Crippen LogP contribution in [0.4, 0.5) is 15.8 Å². The minimum absolute atomic E-state index is 0.00620. The maximum absolute atomic E-state index is 13.6. The summed E-state index contributed by atoms with van der Waals surface area (Å²) in [4.78, 5) is 45.2. The van der Waals surface area contributed by atoms with Crippen molar-refractivity contribution < 1.29 is 18.8 Å². The molecule has 8 heteroatoms. The maximum Gasteiger partial charge on any atom is 0.256 e. The standard InChI is InChI=1S/C31H35FN4O3/c1-4-34(5-2)31(39)27-21-26(33-29(37)24-8-6-9-25(32)20-24)14-15-28(27)35-16-7-17-36(19-18-35)30(38)23-12-10-22(3)11-13-23/h6,8-15,20-21H,4-5,7,16-19H2,1-3H3,(H,33,37). The number of rotatable bonds is 7. The van der Waals surface area contributed by atoms with Crippen LogP contribution in [0, 0.1) is 12.7 Å². The summed E-state index contributed by atoms with van der Waals surface area (Å²) < 4.78 is 13.6. The normalized spacial score (nSPS) is 13.5. The number of halogens is 1. The molecular formula is C31H35FN4O3. The van der Waals surface area contributed by atoms with Gasteiger partial charge in [-0.1, -0.05) is 23.8 Å². The lowest BCUT2D eigenvalue weighted by Gasteiger charge is -2.28. The number of nitrogens with zero attached hydrogens (tertiary/aromatic N) is 3. The highest BCUT2D eigenvalue weighted by molar-refractivity contribution is 6.06. The molecule has 0 unspecified atom stereocenters. The summed E-state index contributed by atoms with van der Waals surface area (Å²) in [5.74, 6) is -1.07. The van der Waals surface area contributed by atoms with Crippen LogP contribution in [0.2, 0.25) is 0 Å². The van der Waals surface area contributed by atoms with Crippen LogP contribution in [0.25, 0.3) is 0 Å². The van der Waals surface area contributed by atoms with E-state index < -0.39 is 11.7 Å². The lowest BCUT2D eigenvalue weighted by Crippen LogP contribution is -2.36. The van der Waals surface area contributed by atoms with Crippen molar-refractivity contribution in [2.24, 2.45) is 0 Å². The third-order valence-electron chi connectivity index (χ3n) is 7.04. The lowest BCUT2D eigenvalue weighted by molar-refractivity contribution is 0.0760. The van der Waals surface area contributed by atoms with Crippen LogP contribution in [-0.4, -0.2) is 66.8 Å². The summed E-state index contributed by atoms with van der Waals surface area (Å²) in [5, 5.41) is 2.79. The first-order valence-corrected chi connectivity index (χ1v) is 13.4. The number of aryl methyl sites for hydroxylation is 1. The summed E-state index contributed by atoms with van der Waals surface area (Å²) in [7, 11) is 0. The first-order valence-electron chi connectivity index (χ1n) is 13.4. The summed E-state index contributed by atoms with van der Waals surface area (Å²) in [6.07, 6.45) is 0.758. The van der Waals surface area contributed by atoms with Crippen LogP contribution in [0.3, 0.4) is 0 Å². The molecule has 3 aromatic carbocycles. The highest BCUT2D eigenvalue weighted by Gasteiger charge is 2.25. The third-order valence-corrected chi connectivity index (χ3v) is 7.04. The van der Waals surface area contributed by atoms with Crippen LogP contribution in [0.15, 0.2) is 66.7 Å². The Morgan fingerprint density at radius 2 is 1.62 bits per heavy atom. The van der Waals surface area contributed by atoms with E-state index in [0.29, 0.717) is 56.1 Å². The van der Waals surface area contributed by atoms with Crippen LogP contribution < -0.4 is 10.2 Å². The Morgan fingerprint density at radius 1 is 0.872 bits per heavy atom. The van der Waals surface area contributed by atoms with Gasteiger partial charge in [0.2, 0.25) is 0 Å². The maximum atomic E-state index is 13.6. The second-order valence-corrected chi connectivity index (χ2v) is 9.67. The van der Waals surface area contributed by atoms with E-state index in [9.17, 15) is 18.8 Å². The van der Waals surface area contributed by atoms with Crippen molar-refractivity contribution in [2.75, 3.05) is 49.5 Å². The van der Waals surface area contributed by atoms with Gasteiger partial charge in [-0.05, 0) is 75.7 Å². The second kappa shape index (κ2) is 12.6. The summed E-state index contributed by atoms with van der Waals surface area (Å²) in [5.41, 5.74) is 3.67. The molecule has 1 aliphatic heterocycles. The topological polar surface area (TPSA) is 73.0 Å². The van der Waals surface area contributed by atoms with E-state index in [1.807, 2.05) is 56.0 Å². The van der Waals surface area contributed by atoms with Gasteiger partial charge in [0.1, 0.15) is 5.82 Å². The van der Waals surface area contributed by atoms with Crippen LogP contribution in [-0.2, 0) is 0 Å². The second-order valence-electron chi connectivity index (χ2n) is 9.67. The smallest absolute Gasteiger partial charge is 0.256 e. The number of benzene rings is 3. The van der Waals surface area contributed by atoms with Crippen LogP contribution >= 0.6 is 0 Å². The molecule has 0 aromatic heterocycles. The average molecular weight is 531 g/mol. The molecular weight excluding hydrogens is 495 g/mol. The Balaban J connectivity index is 1.58. The van der Waals surface area contributed by atoms with Crippen molar-refractivity contribution in [1.82, 2.24) is 9.80 Å². The van der Waals surface area contributed by atoms with E-state index in [0.717, 1.165) is 17.7 Å². The van der Waals surface area contributed by atoms with E-state index >= 15 is 0 Å². The zero-order chi connectivity index (χ0) is 27.9. The van der Waals surface area contributed by atoms with Crippen LogP contribution in [0.5, 0.6) is 0 Å². The highest BCUT2D eigenvalue weighted by Crippen LogP contribution is 2.28. The van der Waals surface area contributed by atoms with E-state index in [2.05, 4.69) is 10.2 Å². The first kappa shape index (κ1) is 27.8. The fourth-order valence-electron chi connectivity index (χ4n) is 4.82. The first-order chi connectivity index (χ1) is 18.8. The summed E-state index contributed by atoms with van der Waals surface area (Å²) in [6, 6.07) is 18.4. The summed E-state index contributed by atoms with van der Waals surface area (Å²) in [6.45, 7) is 9.37. The molecule has 4 rings (SSSR count). The number of amides is 3. The Labute approximate surface area is 229 Å². The predicted octanol–water partition coefficient (Wildman–Crippen LogP) is 5.22. The van der Waals surface area contributed by atoms with E-state index in [1.54, 1.807) is 17.0 Å². The Kier molecular flexibility index (Phi) is 8.96. The molecule has 0 aliphatic carbocycles. The Bertz CT molecular complexity index is 1340. The number of nitrogens with one attached hydrogen (secondary N) is 1. The molecule has 1 fully saturated rings. The van der Waals surface area contributed by atoms with Gasteiger partial charge in [0.15, 0.2) is 0 Å². The van der Waals surface area contributed by atoms with Gasteiger partial charge >= 0.3 is 0 Å². The van der Waals surface area contributed by atoms with Crippen molar-refractivity contribution in [3.8, 4) is 0 Å². The fraction of sp³-hybridized carbons (Fsp3) is 0.323. The van der Waals surface area contributed by atoms with Gasteiger partial charge in [-0.3, -0.25) is 14.4 Å². The Hall–Kier alpha value is -4.20. The van der Waals surface area contributed by atoms with Gasteiger partial charge in [-0.15, -0.1) is 0 Å².